The number of para-hydroxylation sites is 1. The van der Waals surface area contributed by atoms with Gasteiger partial charge in [0.25, 0.3) is 5.69 Å². The molecule has 0 aliphatic heterocycles. The Hall–Kier alpha value is -2.11. The first-order valence-electron chi connectivity index (χ1n) is 7.22. The summed E-state index contributed by atoms with van der Waals surface area (Å²) in [6.45, 7) is 0.658. The fraction of sp³-hybridized carbons (Fsp3) is 0.533. The molecule has 114 valence electrons. The molecule has 0 amide bonds. The van der Waals surface area contributed by atoms with Crippen LogP contribution in [0.25, 0.3) is 0 Å². The summed E-state index contributed by atoms with van der Waals surface area (Å²) in [6, 6.07) is 4.20. The molecule has 0 spiro atoms. The van der Waals surface area contributed by atoms with Gasteiger partial charge in [-0.1, -0.05) is 25.3 Å². The Kier molecular flexibility index (Phi) is 4.77. The highest BCUT2D eigenvalue weighted by molar-refractivity contribution is 5.97. The average Bonchev–Trinajstić information content (AvgIpc) is 2.47. The van der Waals surface area contributed by atoms with Gasteiger partial charge in [-0.2, -0.15) is 0 Å². The maximum Gasteiger partial charge on any atom is 0.338 e. The van der Waals surface area contributed by atoms with Crippen molar-refractivity contribution in [3.05, 3.63) is 33.9 Å². The Bertz CT molecular complexity index is 506. The Morgan fingerprint density at radius 2 is 2.05 bits per heavy atom. The second-order valence-electron chi connectivity index (χ2n) is 5.62. The van der Waals surface area contributed by atoms with Crippen molar-refractivity contribution in [3.63, 3.8) is 0 Å². The number of nitrogens with zero attached hydrogens (tertiary/aromatic N) is 2. The average molecular weight is 292 g/mol. The van der Waals surface area contributed by atoms with Crippen LogP contribution in [-0.2, 0) is 0 Å². The van der Waals surface area contributed by atoms with Crippen molar-refractivity contribution >= 4 is 17.3 Å². The van der Waals surface area contributed by atoms with Crippen LogP contribution in [0.2, 0.25) is 0 Å². The number of anilines is 1. The largest absolute Gasteiger partial charge is 0.478 e. The van der Waals surface area contributed by atoms with Crippen LogP contribution in [-0.4, -0.2) is 29.6 Å². The summed E-state index contributed by atoms with van der Waals surface area (Å²) >= 11 is 0. The van der Waals surface area contributed by atoms with Gasteiger partial charge in [-0.25, -0.2) is 4.79 Å². The zero-order chi connectivity index (χ0) is 15.4. The highest BCUT2D eigenvalue weighted by Crippen LogP contribution is 2.33. The van der Waals surface area contributed by atoms with Crippen LogP contribution in [0.15, 0.2) is 18.2 Å². The highest BCUT2D eigenvalue weighted by Gasteiger charge is 2.26. The summed E-state index contributed by atoms with van der Waals surface area (Å²) in [5, 5.41) is 20.5. The third-order valence-electron chi connectivity index (χ3n) is 4.08. The second-order valence-corrected chi connectivity index (χ2v) is 5.62. The number of aromatic carboxylic acids is 1. The molecule has 0 atom stereocenters. The van der Waals surface area contributed by atoms with Crippen LogP contribution in [0.1, 0.15) is 42.5 Å². The van der Waals surface area contributed by atoms with E-state index in [9.17, 15) is 20.0 Å². The molecule has 1 aliphatic carbocycles. The van der Waals surface area contributed by atoms with E-state index in [1.807, 2.05) is 0 Å². The second kappa shape index (κ2) is 6.56. The van der Waals surface area contributed by atoms with Crippen LogP contribution < -0.4 is 4.90 Å². The van der Waals surface area contributed by atoms with Crippen LogP contribution in [0, 0.1) is 16.0 Å². The monoisotopic (exact) mass is 292 g/mol. The molecule has 1 fully saturated rings. The van der Waals surface area contributed by atoms with Gasteiger partial charge >= 0.3 is 5.97 Å². The number of nitro groups is 1. The highest BCUT2D eigenvalue weighted by atomic mass is 16.6. The molecule has 6 heteroatoms. The van der Waals surface area contributed by atoms with Gasteiger partial charge in [-0.05, 0) is 24.8 Å². The van der Waals surface area contributed by atoms with E-state index in [4.69, 9.17) is 0 Å². The minimum absolute atomic E-state index is 0.0116. The SMILES string of the molecule is CN(CC1CCCCC1)c1c(C(=O)O)cccc1[N+](=O)[O-]. The Morgan fingerprint density at radius 1 is 1.38 bits per heavy atom. The first-order chi connectivity index (χ1) is 10.0. The fourth-order valence-electron chi connectivity index (χ4n) is 3.10. The van der Waals surface area contributed by atoms with Crippen LogP contribution in [0.4, 0.5) is 11.4 Å². The van der Waals surface area contributed by atoms with Gasteiger partial charge in [0.15, 0.2) is 0 Å². The number of hydrogen-bond acceptors (Lipinski definition) is 4. The number of carbonyl (C=O) groups is 1. The number of carboxylic acid groups (broad SMARTS) is 1. The maximum absolute atomic E-state index is 11.3. The summed E-state index contributed by atoms with van der Waals surface area (Å²) in [5.41, 5.74) is 0.0521. The summed E-state index contributed by atoms with van der Waals surface area (Å²) < 4.78 is 0. The lowest BCUT2D eigenvalue weighted by molar-refractivity contribution is -0.384. The number of rotatable bonds is 5. The standard InChI is InChI=1S/C15H20N2O4/c1-16(10-11-6-3-2-4-7-11)14-12(15(18)19)8-5-9-13(14)17(20)21/h5,8-9,11H,2-4,6-7,10H2,1H3,(H,18,19). The zero-order valence-corrected chi connectivity index (χ0v) is 12.1. The molecule has 0 heterocycles. The van der Waals surface area contributed by atoms with E-state index in [1.54, 1.807) is 11.9 Å². The van der Waals surface area contributed by atoms with Crippen molar-refractivity contribution in [3.8, 4) is 0 Å². The summed E-state index contributed by atoms with van der Waals surface area (Å²) in [7, 11) is 1.74. The molecule has 0 radical (unpaired) electrons. The van der Waals surface area contributed by atoms with Crippen molar-refractivity contribution in [2.45, 2.75) is 32.1 Å². The minimum atomic E-state index is -1.14. The van der Waals surface area contributed by atoms with Gasteiger partial charge < -0.3 is 10.0 Å². The van der Waals surface area contributed by atoms with E-state index >= 15 is 0 Å². The van der Waals surface area contributed by atoms with Gasteiger partial charge in [0.1, 0.15) is 5.69 Å². The van der Waals surface area contributed by atoms with Crippen molar-refractivity contribution in [1.82, 2.24) is 0 Å². The number of benzene rings is 1. The van der Waals surface area contributed by atoms with Gasteiger partial charge in [-0.3, -0.25) is 10.1 Å². The number of nitro benzene ring substituents is 1. The molecule has 6 nitrogen and oxygen atoms in total. The smallest absolute Gasteiger partial charge is 0.338 e. The molecule has 1 saturated carbocycles. The molecule has 0 bridgehead atoms. The van der Waals surface area contributed by atoms with Crippen LogP contribution >= 0.6 is 0 Å². The van der Waals surface area contributed by atoms with Gasteiger partial charge in [-0.15, -0.1) is 0 Å². The Morgan fingerprint density at radius 3 is 2.62 bits per heavy atom. The molecule has 1 N–H and O–H groups in total. The molecular weight excluding hydrogens is 272 g/mol. The van der Waals surface area contributed by atoms with E-state index in [0.717, 1.165) is 12.8 Å². The van der Waals surface area contributed by atoms with Gasteiger partial charge in [0, 0.05) is 19.7 Å². The number of carboxylic acids is 1. The van der Waals surface area contributed by atoms with Crippen LogP contribution in [0.3, 0.4) is 0 Å². The molecule has 1 aromatic carbocycles. The van der Waals surface area contributed by atoms with Crippen molar-refractivity contribution < 1.29 is 14.8 Å². The topological polar surface area (TPSA) is 83.7 Å². The lowest BCUT2D eigenvalue weighted by atomic mass is 9.89. The fourth-order valence-corrected chi connectivity index (χ4v) is 3.10. The molecule has 0 unspecified atom stereocenters. The Balaban J connectivity index is 2.30. The summed E-state index contributed by atoms with van der Waals surface area (Å²) in [5.74, 6) is -0.658. The molecular formula is C15H20N2O4. The molecule has 0 aromatic heterocycles. The third kappa shape index (κ3) is 3.51. The van der Waals surface area contributed by atoms with Gasteiger partial charge in [0.2, 0.25) is 0 Å². The Labute approximate surface area is 123 Å². The summed E-state index contributed by atoms with van der Waals surface area (Å²) in [4.78, 5) is 23.7. The van der Waals surface area contributed by atoms with Crippen molar-refractivity contribution in [2.75, 3.05) is 18.5 Å². The molecule has 1 aromatic rings. The lowest BCUT2D eigenvalue weighted by Gasteiger charge is -2.28. The van der Waals surface area contributed by atoms with E-state index in [1.165, 1.54) is 37.5 Å². The third-order valence-corrected chi connectivity index (χ3v) is 4.08. The first-order valence-corrected chi connectivity index (χ1v) is 7.22. The quantitative estimate of drug-likeness (QED) is 0.665. The van der Waals surface area contributed by atoms with Gasteiger partial charge in [0.05, 0.1) is 10.5 Å². The van der Waals surface area contributed by atoms with Crippen molar-refractivity contribution in [2.24, 2.45) is 5.92 Å². The molecule has 2 rings (SSSR count). The van der Waals surface area contributed by atoms with E-state index in [-0.39, 0.29) is 16.9 Å². The normalized spacial score (nSPS) is 15.7. The predicted molar refractivity (Wildman–Crippen MR) is 79.9 cm³/mol. The predicted octanol–water partition coefficient (Wildman–Crippen LogP) is 3.31. The van der Waals surface area contributed by atoms with E-state index in [0.29, 0.717) is 12.5 Å². The van der Waals surface area contributed by atoms with Crippen molar-refractivity contribution in [1.29, 1.82) is 0 Å². The zero-order valence-electron chi connectivity index (χ0n) is 12.1. The van der Waals surface area contributed by atoms with E-state index in [2.05, 4.69) is 0 Å². The maximum atomic E-state index is 11.3. The first kappa shape index (κ1) is 15.3. The van der Waals surface area contributed by atoms with E-state index < -0.39 is 10.9 Å². The van der Waals surface area contributed by atoms with Crippen LogP contribution in [0.5, 0.6) is 0 Å². The molecule has 21 heavy (non-hydrogen) atoms. The molecule has 1 aliphatic rings. The summed E-state index contributed by atoms with van der Waals surface area (Å²) in [6.07, 6.45) is 5.81. The molecule has 0 saturated heterocycles. The number of hydrogen-bond donors (Lipinski definition) is 1. The minimum Gasteiger partial charge on any atom is -0.478 e. The lowest BCUT2D eigenvalue weighted by Crippen LogP contribution is -2.28.